The second-order valence-corrected chi connectivity index (χ2v) is 6.59. The number of amides is 1. The van der Waals surface area contributed by atoms with Crippen LogP contribution in [0.3, 0.4) is 0 Å². The molecule has 0 spiro atoms. The maximum absolute atomic E-state index is 12.0. The van der Waals surface area contributed by atoms with Gasteiger partial charge in [-0.25, -0.2) is 0 Å². The van der Waals surface area contributed by atoms with Gasteiger partial charge < -0.3 is 11.1 Å². The molecule has 21 heavy (non-hydrogen) atoms. The van der Waals surface area contributed by atoms with E-state index in [1.165, 1.54) is 23.6 Å². The Kier molecular flexibility index (Phi) is 4.46. The third kappa shape index (κ3) is 3.77. The van der Waals surface area contributed by atoms with E-state index in [4.69, 9.17) is 5.73 Å². The monoisotopic (exact) mass is 300 g/mol. The van der Waals surface area contributed by atoms with Gasteiger partial charge in [-0.05, 0) is 41.7 Å². The van der Waals surface area contributed by atoms with E-state index in [-0.39, 0.29) is 11.9 Å². The molecule has 1 atom stereocenters. The topological polar surface area (TPSA) is 55.1 Å². The third-order valence-electron chi connectivity index (χ3n) is 3.88. The van der Waals surface area contributed by atoms with Crippen molar-refractivity contribution in [3.63, 3.8) is 0 Å². The quantitative estimate of drug-likeness (QED) is 0.807. The second kappa shape index (κ2) is 6.50. The zero-order valence-electron chi connectivity index (χ0n) is 11.9. The van der Waals surface area contributed by atoms with E-state index < -0.39 is 0 Å². The van der Waals surface area contributed by atoms with Gasteiger partial charge in [0.2, 0.25) is 5.91 Å². The average Bonchev–Trinajstić information content (AvgIpc) is 3.35. The van der Waals surface area contributed by atoms with Crippen molar-refractivity contribution in [2.45, 2.75) is 23.8 Å². The molecule has 3 rings (SSSR count). The van der Waals surface area contributed by atoms with Crippen molar-refractivity contribution >= 4 is 28.4 Å². The number of benzene rings is 2. The van der Waals surface area contributed by atoms with E-state index in [1.54, 1.807) is 11.8 Å². The standard InChI is InChI=1S/C17H20N2OS/c18-10-16(13-5-6-13)19-17(20)11-21-15-8-7-12-3-1-2-4-14(12)9-15/h1-4,7-9,13,16H,5-6,10-11,18H2,(H,19,20). The minimum absolute atomic E-state index is 0.0792. The normalized spacial score (nSPS) is 15.9. The van der Waals surface area contributed by atoms with E-state index in [1.807, 2.05) is 12.1 Å². The molecule has 1 amide bonds. The average molecular weight is 300 g/mol. The molecular formula is C17H20N2OS. The summed E-state index contributed by atoms with van der Waals surface area (Å²) in [7, 11) is 0. The van der Waals surface area contributed by atoms with Gasteiger partial charge in [-0.15, -0.1) is 11.8 Å². The summed E-state index contributed by atoms with van der Waals surface area (Å²) in [5, 5.41) is 5.49. The lowest BCUT2D eigenvalue weighted by Gasteiger charge is -2.15. The van der Waals surface area contributed by atoms with Crippen LogP contribution in [0.1, 0.15) is 12.8 Å². The number of nitrogens with two attached hydrogens (primary N) is 1. The van der Waals surface area contributed by atoms with Crippen molar-refractivity contribution in [3.8, 4) is 0 Å². The Bertz CT molecular complexity index is 639. The van der Waals surface area contributed by atoms with Gasteiger partial charge in [0.25, 0.3) is 0 Å². The highest BCUT2D eigenvalue weighted by Crippen LogP contribution is 2.32. The molecule has 0 heterocycles. The smallest absolute Gasteiger partial charge is 0.230 e. The molecule has 1 aliphatic rings. The van der Waals surface area contributed by atoms with E-state index in [0.29, 0.717) is 18.2 Å². The van der Waals surface area contributed by atoms with E-state index in [9.17, 15) is 4.79 Å². The maximum atomic E-state index is 12.0. The van der Waals surface area contributed by atoms with Crippen LogP contribution in [0.2, 0.25) is 0 Å². The zero-order valence-corrected chi connectivity index (χ0v) is 12.7. The Balaban J connectivity index is 1.56. The van der Waals surface area contributed by atoms with Crippen molar-refractivity contribution in [2.24, 2.45) is 11.7 Å². The van der Waals surface area contributed by atoms with Crippen LogP contribution in [-0.4, -0.2) is 24.2 Å². The lowest BCUT2D eigenvalue weighted by Crippen LogP contribution is -2.42. The largest absolute Gasteiger partial charge is 0.351 e. The summed E-state index contributed by atoms with van der Waals surface area (Å²) in [5.74, 6) is 1.13. The first-order valence-electron chi connectivity index (χ1n) is 7.37. The third-order valence-corrected chi connectivity index (χ3v) is 4.88. The summed E-state index contributed by atoms with van der Waals surface area (Å²) in [4.78, 5) is 13.1. The molecule has 3 N–H and O–H groups in total. The molecule has 110 valence electrons. The number of nitrogens with one attached hydrogen (secondary N) is 1. The molecule has 0 saturated heterocycles. The van der Waals surface area contributed by atoms with Gasteiger partial charge in [-0.1, -0.05) is 30.3 Å². The van der Waals surface area contributed by atoms with Crippen LogP contribution >= 0.6 is 11.8 Å². The van der Waals surface area contributed by atoms with Gasteiger partial charge in [0, 0.05) is 17.5 Å². The van der Waals surface area contributed by atoms with E-state index in [2.05, 4.69) is 35.6 Å². The summed E-state index contributed by atoms with van der Waals surface area (Å²) < 4.78 is 0. The number of fused-ring (bicyclic) bond motifs is 1. The summed E-state index contributed by atoms with van der Waals surface area (Å²) >= 11 is 1.58. The molecule has 1 saturated carbocycles. The van der Waals surface area contributed by atoms with Gasteiger partial charge in [0.15, 0.2) is 0 Å². The predicted octanol–water partition coefficient (Wildman–Crippen LogP) is 2.79. The molecule has 2 aromatic rings. The van der Waals surface area contributed by atoms with Gasteiger partial charge in [-0.2, -0.15) is 0 Å². The highest BCUT2D eigenvalue weighted by Gasteiger charge is 2.31. The van der Waals surface area contributed by atoms with Crippen LogP contribution in [0, 0.1) is 5.92 Å². The molecule has 0 aliphatic heterocycles. The molecule has 2 aromatic carbocycles. The fraction of sp³-hybridized carbons (Fsp3) is 0.353. The predicted molar refractivity (Wildman–Crippen MR) is 88.4 cm³/mol. The molecule has 0 aromatic heterocycles. The zero-order chi connectivity index (χ0) is 14.7. The first-order valence-corrected chi connectivity index (χ1v) is 8.36. The van der Waals surface area contributed by atoms with Crippen molar-refractivity contribution in [2.75, 3.05) is 12.3 Å². The van der Waals surface area contributed by atoms with Crippen molar-refractivity contribution < 1.29 is 4.79 Å². The number of carbonyl (C=O) groups is 1. The Morgan fingerprint density at radius 1 is 1.24 bits per heavy atom. The molecule has 1 fully saturated rings. The fourth-order valence-electron chi connectivity index (χ4n) is 2.52. The summed E-state index contributed by atoms with van der Waals surface area (Å²) in [5.41, 5.74) is 5.71. The number of carbonyl (C=O) groups excluding carboxylic acids is 1. The van der Waals surface area contributed by atoms with E-state index in [0.717, 1.165) is 4.90 Å². The molecule has 0 radical (unpaired) electrons. The van der Waals surface area contributed by atoms with Gasteiger partial charge in [-0.3, -0.25) is 4.79 Å². The van der Waals surface area contributed by atoms with Crippen LogP contribution in [-0.2, 0) is 4.79 Å². The Morgan fingerprint density at radius 2 is 2.00 bits per heavy atom. The van der Waals surface area contributed by atoms with Gasteiger partial charge in [0.1, 0.15) is 0 Å². The Hall–Kier alpha value is -1.52. The van der Waals surface area contributed by atoms with Gasteiger partial charge in [0.05, 0.1) is 5.75 Å². The van der Waals surface area contributed by atoms with E-state index >= 15 is 0 Å². The van der Waals surface area contributed by atoms with Gasteiger partial charge >= 0.3 is 0 Å². The van der Waals surface area contributed by atoms with Crippen molar-refractivity contribution in [1.82, 2.24) is 5.32 Å². The molecule has 1 unspecified atom stereocenters. The Labute approximate surface area is 129 Å². The molecule has 3 nitrogen and oxygen atoms in total. The Morgan fingerprint density at radius 3 is 2.71 bits per heavy atom. The lowest BCUT2D eigenvalue weighted by atomic mass is 10.1. The first-order chi connectivity index (χ1) is 10.3. The van der Waals surface area contributed by atoms with Crippen LogP contribution in [0.15, 0.2) is 47.4 Å². The highest BCUT2D eigenvalue weighted by molar-refractivity contribution is 8.00. The minimum atomic E-state index is 0.0792. The maximum Gasteiger partial charge on any atom is 0.230 e. The lowest BCUT2D eigenvalue weighted by molar-refractivity contribution is -0.119. The van der Waals surface area contributed by atoms with Crippen LogP contribution < -0.4 is 11.1 Å². The fourth-order valence-corrected chi connectivity index (χ4v) is 3.28. The summed E-state index contributed by atoms with van der Waals surface area (Å²) in [6.07, 6.45) is 2.39. The minimum Gasteiger partial charge on any atom is -0.351 e. The molecular weight excluding hydrogens is 280 g/mol. The van der Waals surface area contributed by atoms with Crippen molar-refractivity contribution in [3.05, 3.63) is 42.5 Å². The first kappa shape index (κ1) is 14.4. The van der Waals surface area contributed by atoms with Crippen molar-refractivity contribution in [1.29, 1.82) is 0 Å². The molecule has 0 bridgehead atoms. The number of thioether (sulfide) groups is 1. The van der Waals surface area contributed by atoms with Crippen LogP contribution in [0.4, 0.5) is 0 Å². The number of hydrogen-bond donors (Lipinski definition) is 2. The number of rotatable bonds is 6. The highest BCUT2D eigenvalue weighted by atomic mass is 32.2. The van der Waals surface area contributed by atoms with Crippen LogP contribution in [0.25, 0.3) is 10.8 Å². The van der Waals surface area contributed by atoms with Crippen LogP contribution in [0.5, 0.6) is 0 Å². The summed E-state index contributed by atoms with van der Waals surface area (Å²) in [6, 6.07) is 14.7. The SMILES string of the molecule is NCC(NC(=O)CSc1ccc2ccccc2c1)C1CC1. The number of hydrogen-bond acceptors (Lipinski definition) is 3. The molecule has 1 aliphatic carbocycles. The summed E-state index contributed by atoms with van der Waals surface area (Å²) in [6.45, 7) is 0.539. The second-order valence-electron chi connectivity index (χ2n) is 5.54. The molecule has 4 heteroatoms.